The Bertz CT molecular complexity index is 934. The molecule has 7 heteroatoms. The molecule has 0 bridgehead atoms. The number of amides is 3. The highest BCUT2D eigenvalue weighted by Crippen LogP contribution is 2.22. The molecule has 2 aromatic carbocycles. The van der Waals surface area contributed by atoms with Crippen molar-refractivity contribution in [2.75, 3.05) is 26.2 Å². The molecule has 2 aromatic rings. The Kier molecular flexibility index (Phi) is 5.29. The lowest BCUT2D eigenvalue weighted by Gasteiger charge is -2.39. The van der Waals surface area contributed by atoms with Crippen LogP contribution in [0.25, 0.3) is 0 Å². The van der Waals surface area contributed by atoms with Crippen molar-refractivity contribution in [2.24, 2.45) is 0 Å². The van der Waals surface area contributed by atoms with E-state index in [2.05, 4.69) is 0 Å². The van der Waals surface area contributed by atoms with Crippen molar-refractivity contribution in [2.45, 2.75) is 19.0 Å². The maximum absolute atomic E-state index is 13.5. The number of halogens is 1. The molecular formula is C22H22FN3O3. The van der Waals surface area contributed by atoms with Gasteiger partial charge in [0.15, 0.2) is 0 Å². The van der Waals surface area contributed by atoms with Gasteiger partial charge in [-0.3, -0.25) is 14.4 Å². The number of hydrogen-bond acceptors (Lipinski definition) is 3. The van der Waals surface area contributed by atoms with E-state index >= 15 is 0 Å². The summed E-state index contributed by atoms with van der Waals surface area (Å²) in [5.41, 5.74) is 1.24. The fraction of sp³-hybridized carbons (Fsp3) is 0.318. The van der Waals surface area contributed by atoms with E-state index in [1.807, 2.05) is 18.2 Å². The van der Waals surface area contributed by atoms with Crippen molar-refractivity contribution < 1.29 is 18.8 Å². The molecule has 0 spiro atoms. The number of fused-ring (bicyclic) bond motifs is 1. The van der Waals surface area contributed by atoms with Crippen LogP contribution in [0.3, 0.4) is 0 Å². The van der Waals surface area contributed by atoms with Crippen LogP contribution in [0, 0.1) is 5.82 Å². The molecule has 0 aromatic heterocycles. The van der Waals surface area contributed by atoms with Gasteiger partial charge in [0, 0.05) is 31.7 Å². The third-order valence-corrected chi connectivity index (χ3v) is 5.47. The van der Waals surface area contributed by atoms with Gasteiger partial charge < -0.3 is 14.7 Å². The lowest BCUT2D eigenvalue weighted by Crippen LogP contribution is -2.59. The Morgan fingerprint density at radius 3 is 2.55 bits per heavy atom. The second kappa shape index (κ2) is 8.03. The molecule has 150 valence electrons. The number of piperazine rings is 1. The lowest BCUT2D eigenvalue weighted by molar-refractivity contribution is -0.156. The van der Waals surface area contributed by atoms with Gasteiger partial charge in [-0.25, -0.2) is 4.39 Å². The molecule has 2 aliphatic heterocycles. The van der Waals surface area contributed by atoms with Crippen molar-refractivity contribution >= 4 is 17.7 Å². The number of rotatable bonds is 3. The Balaban J connectivity index is 1.48. The lowest BCUT2D eigenvalue weighted by atomic mass is 10.1. The van der Waals surface area contributed by atoms with E-state index in [9.17, 15) is 18.8 Å². The molecule has 2 aliphatic rings. The van der Waals surface area contributed by atoms with E-state index in [1.165, 1.54) is 17.0 Å². The number of hydrogen-bond donors (Lipinski definition) is 0. The standard InChI is InChI=1S/C22H22FN3O3/c23-18-8-4-5-16(13-18)14-25-15-20(27)26-12-11-24(10-9-19(26)22(25)29)21(28)17-6-2-1-3-7-17/h1-8,13,19H,9-12,14-15H2. The van der Waals surface area contributed by atoms with Gasteiger partial charge >= 0.3 is 0 Å². The molecule has 0 N–H and O–H groups in total. The predicted molar refractivity (Wildman–Crippen MR) is 104 cm³/mol. The number of nitrogens with zero attached hydrogens (tertiary/aromatic N) is 3. The smallest absolute Gasteiger partial charge is 0.253 e. The van der Waals surface area contributed by atoms with Crippen LogP contribution in [0.2, 0.25) is 0 Å². The van der Waals surface area contributed by atoms with Gasteiger partial charge in [0.1, 0.15) is 18.4 Å². The molecule has 2 fully saturated rings. The van der Waals surface area contributed by atoms with Gasteiger partial charge in [0.2, 0.25) is 11.8 Å². The minimum Gasteiger partial charge on any atom is -0.337 e. The minimum absolute atomic E-state index is 0.0293. The largest absolute Gasteiger partial charge is 0.337 e. The first-order chi connectivity index (χ1) is 14.0. The summed E-state index contributed by atoms with van der Waals surface area (Å²) >= 11 is 0. The van der Waals surface area contributed by atoms with Crippen LogP contribution < -0.4 is 0 Å². The summed E-state index contributed by atoms with van der Waals surface area (Å²) in [4.78, 5) is 43.2. The molecule has 0 aliphatic carbocycles. The van der Waals surface area contributed by atoms with Gasteiger partial charge in [-0.05, 0) is 36.2 Å². The van der Waals surface area contributed by atoms with Gasteiger partial charge in [-0.1, -0.05) is 30.3 Å². The van der Waals surface area contributed by atoms with E-state index in [0.717, 1.165) is 0 Å². The zero-order chi connectivity index (χ0) is 20.4. The molecular weight excluding hydrogens is 373 g/mol. The number of carbonyl (C=O) groups excluding carboxylic acids is 3. The molecule has 3 amide bonds. The summed E-state index contributed by atoms with van der Waals surface area (Å²) in [5, 5.41) is 0. The monoisotopic (exact) mass is 395 g/mol. The maximum atomic E-state index is 13.5. The molecule has 29 heavy (non-hydrogen) atoms. The fourth-order valence-electron chi connectivity index (χ4n) is 3.98. The Morgan fingerprint density at radius 1 is 1.00 bits per heavy atom. The van der Waals surface area contributed by atoms with E-state index in [1.54, 1.807) is 34.1 Å². The van der Waals surface area contributed by atoms with Crippen LogP contribution in [0.5, 0.6) is 0 Å². The molecule has 1 unspecified atom stereocenters. The summed E-state index contributed by atoms with van der Waals surface area (Å²) in [6, 6.07) is 14.5. The first-order valence-corrected chi connectivity index (χ1v) is 9.70. The van der Waals surface area contributed by atoms with E-state index in [0.29, 0.717) is 37.2 Å². The predicted octanol–water partition coefficient (Wildman–Crippen LogP) is 1.91. The molecule has 4 rings (SSSR count). The van der Waals surface area contributed by atoms with Gasteiger partial charge in [-0.15, -0.1) is 0 Å². The summed E-state index contributed by atoms with van der Waals surface area (Å²) in [6.45, 7) is 1.30. The highest BCUT2D eigenvalue weighted by Gasteiger charge is 2.41. The summed E-state index contributed by atoms with van der Waals surface area (Å²) in [6.07, 6.45) is 0.392. The van der Waals surface area contributed by atoms with Crippen LogP contribution in [-0.4, -0.2) is 64.6 Å². The number of carbonyl (C=O) groups is 3. The quantitative estimate of drug-likeness (QED) is 0.798. The van der Waals surface area contributed by atoms with Gasteiger partial charge in [-0.2, -0.15) is 0 Å². The third-order valence-electron chi connectivity index (χ3n) is 5.47. The topological polar surface area (TPSA) is 60.9 Å². The van der Waals surface area contributed by atoms with Gasteiger partial charge in [0.25, 0.3) is 5.91 Å². The van der Waals surface area contributed by atoms with Crippen LogP contribution in [0.15, 0.2) is 54.6 Å². The second-order valence-electron chi connectivity index (χ2n) is 7.37. The van der Waals surface area contributed by atoms with Crippen LogP contribution in [0.1, 0.15) is 22.3 Å². The molecule has 0 radical (unpaired) electrons. The van der Waals surface area contributed by atoms with E-state index < -0.39 is 6.04 Å². The highest BCUT2D eigenvalue weighted by atomic mass is 19.1. The highest BCUT2D eigenvalue weighted by molar-refractivity contribution is 5.96. The van der Waals surface area contributed by atoms with E-state index in [-0.39, 0.29) is 36.6 Å². The molecule has 2 saturated heterocycles. The van der Waals surface area contributed by atoms with E-state index in [4.69, 9.17) is 0 Å². The van der Waals surface area contributed by atoms with Crippen LogP contribution in [-0.2, 0) is 16.1 Å². The first-order valence-electron chi connectivity index (χ1n) is 9.70. The average Bonchev–Trinajstić information content (AvgIpc) is 2.96. The summed E-state index contributed by atoms with van der Waals surface area (Å²) in [7, 11) is 0. The van der Waals surface area contributed by atoms with Crippen molar-refractivity contribution in [1.82, 2.24) is 14.7 Å². The zero-order valence-electron chi connectivity index (χ0n) is 16.0. The van der Waals surface area contributed by atoms with Crippen molar-refractivity contribution in [1.29, 1.82) is 0 Å². The van der Waals surface area contributed by atoms with Crippen LogP contribution in [0.4, 0.5) is 4.39 Å². The van der Waals surface area contributed by atoms with Crippen molar-refractivity contribution in [3.8, 4) is 0 Å². The SMILES string of the molecule is O=C(c1ccccc1)N1CCC2C(=O)N(Cc3cccc(F)c3)CC(=O)N2CC1. The van der Waals surface area contributed by atoms with Crippen molar-refractivity contribution in [3.05, 3.63) is 71.5 Å². The first kappa shape index (κ1) is 19.1. The Labute approximate surface area is 168 Å². The van der Waals surface area contributed by atoms with Crippen molar-refractivity contribution in [3.63, 3.8) is 0 Å². The Morgan fingerprint density at radius 2 is 1.79 bits per heavy atom. The number of benzene rings is 2. The molecule has 6 nitrogen and oxygen atoms in total. The second-order valence-corrected chi connectivity index (χ2v) is 7.37. The maximum Gasteiger partial charge on any atom is 0.253 e. The molecule has 0 saturated carbocycles. The molecule has 2 heterocycles. The average molecular weight is 395 g/mol. The molecule has 1 atom stereocenters. The normalized spacial score (nSPS) is 19.8. The summed E-state index contributed by atoms with van der Waals surface area (Å²) in [5.74, 6) is -0.755. The van der Waals surface area contributed by atoms with Gasteiger partial charge in [0.05, 0.1) is 0 Å². The van der Waals surface area contributed by atoms with Crippen LogP contribution >= 0.6 is 0 Å². The summed E-state index contributed by atoms with van der Waals surface area (Å²) < 4.78 is 13.5. The zero-order valence-corrected chi connectivity index (χ0v) is 16.0. The minimum atomic E-state index is -0.585. The fourth-order valence-corrected chi connectivity index (χ4v) is 3.98. The third kappa shape index (κ3) is 3.99. The Hall–Kier alpha value is -3.22.